The lowest BCUT2D eigenvalue weighted by Gasteiger charge is -2.37. The minimum Gasteiger partial charge on any atom is -0.341 e. The minimum absolute atomic E-state index is 0. The van der Waals surface area contributed by atoms with Crippen LogP contribution in [-0.4, -0.2) is 62.8 Å². The number of hydrogen-bond acceptors (Lipinski definition) is 4. The Balaban J connectivity index is 0.00000261. The van der Waals surface area contributed by atoms with Gasteiger partial charge in [-0.1, -0.05) is 11.6 Å². The molecule has 1 amide bonds. The molecule has 2 aliphatic rings. The fraction of sp³-hybridized carbons (Fsp3) is 0.611. The second kappa shape index (κ2) is 9.56. The molecule has 0 radical (unpaired) electrons. The van der Waals surface area contributed by atoms with E-state index in [0.29, 0.717) is 37.0 Å². The maximum Gasteiger partial charge on any atom is 0.243 e. The Morgan fingerprint density at radius 3 is 2.33 bits per heavy atom. The summed E-state index contributed by atoms with van der Waals surface area (Å²) >= 11 is 5.84. The lowest BCUT2D eigenvalue weighted by atomic mass is 9.95. The molecule has 0 bridgehead atoms. The van der Waals surface area contributed by atoms with Crippen molar-refractivity contribution in [1.82, 2.24) is 14.5 Å². The van der Waals surface area contributed by atoms with E-state index in [9.17, 15) is 13.2 Å². The molecule has 9 heteroatoms. The number of amides is 1. The van der Waals surface area contributed by atoms with Crippen molar-refractivity contribution in [1.29, 1.82) is 0 Å². The molecule has 2 heterocycles. The van der Waals surface area contributed by atoms with E-state index >= 15 is 0 Å². The number of likely N-dealkylation sites (N-methyl/N-ethyl adjacent to an activating group) is 1. The number of nitrogens with one attached hydrogen (secondary N) is 1. The molecular formula is C18H27Cl2N3O3S. The summed E-state index contributed by atoms with van der Waals surface area (Å²) in [6.45, 7) is 2.31. The Morgan fingerprint density at radius 1 is 1.11 bits per heavy atom. The number of halogens is 2. The number of piperidine rings is 2. The molecule has 27 heavy (non-hydrogen) atoms. The van der Waals surface area contributed by atoms with Crippen molar-refractivity contribution in [3.05, 3.63) is 29.3 Å². The zero-order valence-electron chi connectivity index (χ0n) is 15.4. The van der Waals surface area contributed by atoms with Crippen molar-refractivity contribution in [2.75, 3.05) is 33.2 Å². The van der Waals surface area contributed by atoms with Crippen molar-refractivity contribution < 1.29 is 13.2 Å². The van der Waals surface area contributed by atoms with E-state index in [0.717, 1.165) is 25.9 Å². The van der Waals surface area contributed by atoms with E-state index < -0.39 is 10.0 Å². The summed E-state index contributed by atoms with van der Waals surface area (Å²) < 4.78 is 27.0. The number of sulfonamides is 1. The van der Waals surface area contributed by atoms with Crippen LogP contribution in [0, 0.1) is 5.92 Å². The van der Waals surface area contributed by atoms with Gasteiger partial charge < -0.3 is 10.2 Å². The van der Waals surface area contributed by atoms with E-state index in [-0.39, 0.29) is 29.1 Å². The zero-order chi connectivity index (χ0) is 18.7. The minimum atomic E-state index is -3.53. The van der Waals surface area contributed by atoms with Crippen molar-refractivity contribution in [2.45, 2.75) is 36.6 Å². The predicted octanol–water partition coefficient (Wildman–Crippen LogP) is 2.37. The molecule has 0 aromatic heterocycles. The van der Waals surface area contributed by atoms with Gasteiger partial charge in [0.15, 0.2) is 0 Å². The van der Waals surface area contributed by atoms with Gasteiger partial charge in [0.2, 0.25) is 15.9 Å². The van der Waals surface area contributed by atoms with Gasteiger partial charge in [0.1, 0.15) is 0 Å². The standard InChI is InChI=1S/C18H26ClN3O3S.ClH/c1-20-16-3-2-10-21(13-16)18(23)14-8-11-22(12-9-14)26(24,25)17-6-4-15(19)5-7-17;/h4-7,14,16,20H,2-3,8-13H2,1H3;1H. The molecule has 0 spiro atoms. The van der Waals surface area contributed by atoms with Gasteiger partial charge in [0.05, 0.1) is 4.90 Å². The van der Waals surface area contributed by atoms with Gasteiger partial charge >= 0.3 is 0 Å². The van der Waals surface area contributed by atoms with Crippen molar-refractivity contribution in [2.24, 2.45) is 5.92 Å². The first-order valence-corrected chi connectivity index (χ1v) is 11.0. The number of carbonyl (C=O) groups is 1. The largest absolute Gasteiger partial charge is 0.341 e. The lowest BCUT2D eigenvalue weighted by Crippen LogP contribution is -2.50. The summed E-state index contributed by atoms with van der Waals surface area (Å²) in [5.41, 5.74) is 0. The Bertz CT molecular complexity index is 735. The molecule has 1 N–H and O–H groups in total. The average molecular weight is 436 g/mol. The van der Waals surface area contributed by atoms with Crippen LogP contribution in [0.1, 0.15) is 25.7 Å². The number of carbonyl (C=O) groups excluding carboxylic acids is 1. The Kier molecular flexibility index (Phi) is 7.94. The average Bonchev–Trinajstić information content (AvgIpc) is 2.68. The molecule has 1 atom stereocenters. The highest BCUT2D eigenvalue weighted by atomic mass is 35.5. The van der Waals surface area contributed by atoms with E-state index in [1.165, 1.54) is 16.4 Å². The molecule has 1 aromatic carbocycles. The molecule has 152 valence electrons. The molecule has 0 aliphatic carbocycles. The summed E-state index contributed by atoms with van der Waals surface area (Å²) in [5.74, 6) is 0.0933. The van der Waals surface area contributed by atoms with E-state index in [2.05, 4.69) is 5.32 Å². The van der Waals surface area contributed by atoms with Gasteiger partial charge in [0.25, 0.3) is 0 Å². The van der Waals surface area contributed by atoms with Gasteiger partial charge in [-0.05, 0) is 57.0 Å². The van der Waals surface area contributed by atoms with Gasteiger partial charge in [-0.15, -0.1) is 12.4 Å². The first-order valence-electron chi connectivity index (χ1n) is 9.13. The van der Waals surface area contributed by atoms with Gasteiger partial charge in [-0.25, -0.2) is 8.42 Å². The zero-order valence-corrected chi connectivity index (χ0v) is 17.8. The maximum absolute atomic E-state index is 12.8. The summed E-state index contributed by atoms with van der Waals surface area (Å²) in [6, 6.07) is 6.58. The Morgan fingerprint density at radius 2 is 1.74 bits per heavy atom. The van der Waals surface area contributed by atoms with E-state index in [1.54, 1.807) is 12.1 Å². The third-order valence-corrected chi connectivity index (χ3v) is 7.56. The summed E-state index contributed by atoms with van der Waals surface area (Å²) in [7, 11) is -1.60. The monoisotopic (exact) mass is 435 g/mol. The summed E-state index contributed by atoms with van der Waals surface area (Å²) in [6.07, 6.45) is 3.26. The number of hydrogen-bond donors (Lipinski definition) is 1. The third kappa shape index (κ3) is 5.15. The van der Waals surface area contributed by atoms with Gasteiger partial charge in [-0.3, -0.25) is 4.79 Å². The normalized spacial score (nSPS) is 22.3. The molecule has 1 aromatic rings. The number of rotatable bonds is 4. The van der Waals surface area contributed by atoms with Gasteiger partial charge in [0, 0.05) is 43.2 Å². The maximum atomic E-state index is 12.8. The third-order valence-electron chi connectivity index (χ3n) is 5.40. The Labute approximate surface area is 172 Å². The molecule has 1 unspecified atom stereocenters. The van der Waals surface area contributed by atoms with E-state index in [1.807, 2.05) is 11.9 Å². The van der Waals surface area contributed by atoms with Crippen LogP contribution >= 0.6 is 24.0 Å². The SMILES string of the molecule is CNC1CCCN(C(=O)C2CCN(S(=O)(=O)c3ccc(Cl)cc3)CC2)C1.Cl. The molecular weight excluding hydrogens is 409 g/mol. The first kappa shape index (κ1) is 22.4. The molecule has 6 nitrogen and oxygen atoms in total. The molecule has 3 rings (SSSR count). The van der Waals surface area contributed by atoms with Crippen LogP contribution in [0.25, 0.3) is 0 Å². The molecule has 0 saturated carbocycles. The highest BCUT2D eigenvalue weighted by Gasteiger charge is 2.34. The highest BCUT2D eigenvalue weighted by Crippen LogP contribution is 2.26. The summed E-state index contributed by atoms with van der Waals surface area (Å²) in [5, 5.41) is 3.76. The fourth-order valence-electron chi connectivity index (χ4n) is 3.77. The topological polar surface area (TPSA) is 69.7 Å². The fourth-order valence-corrected chi connectivity index (χ4v) is 5.37. The molecule has 2 fully saturated rings. The van der Waals surface area contributed by atoms with Crippen LogP contribution in [0.15, 0.2) is 29.2 Å². The van der Waals surface area contributed by atoms with E-state index in [4.69, 9.17) is 11.6 Å². The second-order valence-corrected chi connectivity index (χ2v) is 9.42. The molecule has 2 aliphatic heterocycles. The van der Waals surface area contributed by atoms with Crippen molar-refractivity contribution in [3.63, 3.8) is 0 Å². The Hall–Kier alpha value is -0.860. The number of benzene rings is 1. The van der Waals surface area contributed by atoms with Crippen LogP contribution in [0.3, 0.4) is 0 Å². The van der Waals surface area contributed by atoms with Crippen LogP contribution in [-0.2, 0) is 14.8 Å². The van der Waals surface area contributed by atoms with Crippen LogP contribution < -0.4 is 5.32 Å². The van der Waals surface area contributed by atoms with Crippen LogP contribution in [0.5, 0.6) is 0 Å². The number of nitrogens with zero attached hydrogens (tertiary/aromatic N) is 2. The molecule has 2 saturated heterocycles. The van der Waals surface area contributed by atoms with Crippen LogP contribution in [0.4, 0.5) is 0 Å². The quantitative estimate of drug-likeness (QED) is 0.787. The smallest absolute Gasteiger partial charge is 0.243 e. The highest BCUT2D eigenvalue weighted by molar-refractivity contribution is 7.89. The van der Waals surface area contributed by atoms with Crippen LogP contribution in [0.2, 0.25) is 5.02 Å². The predicted molar refractivity (Wildman–Crippen MR) is 109 cm³/mol. The van der Waals surface area contributed by atoms with Crippen molar-refractivity contribution >= 4 is 39.9 Å². The summed E-state index contributed by atoms with van der Waals surface area (Å²) in [4.78, 5) is 15.0. The lowest BCUT2D eigenvalue weighted by molar-refractivity contribution is -0.138. The van der Waals surface area contributed by atoms with Gasteiger partial charge in [-0.2, -0.15) is 4.31 Å². The van der Waals surface area contributed by atoms with Crippen molar-refractivity contribution in [3.8, 4) is 0 Å². The second-order valence-electron chi connectivity index (χ2n) is 7.04. The first-order chi connectivity index (χ1) is 12.4. The number of likely N-dealkylation sites (tertiary alicyclic amines) is 1.